The molecule has 0 saturated heterocycles. The molecule has 0 unspecified atom stereocenters. The molecule has 16 heavy (non-hydrogen) atoms. The van der Waals surface area contributed by atoms with Gasteiger partial charge in [0.15, 0.2) is 5.58 Å². The van der Waals surface area contributed by atoms with Crippen molar-refractivity contribution in [2.24, 2.45) is 0 Å². The van der Waals surface area contributed by atoms with E-state index < -0.39 is 0 Å². The van der Waals surface area contributed by atoms with Crippen LogP contribution < -0.4 is 0 Å². The van der Waals surface area contributed by atoms with Gasteiger partial charge in [-0.3, -0.25) is 0 Å². The van der Waals surface area contributed by atoms with E-state index in [1.54, 1.807) is 17.6 Å². The monoisotopic (exact) mass is 225 g/mol. The molecule has 0 atom stereocenters. The van der Waals surface area contributed by atoms with Gasteiger partial charge in [-0.1, -0.05) is 24.3 Å². The van der Waals surface area contributed by atoms with Gasteiger partial charge in [0.25, 0.3) is 0 Å². The second-order valence-corrected chi connectivity index (χ2v) is 4.59. The number of nitrogens with zero attached hydrogens (tertiary/aromatic N) is 1. The van der Waals surface area contributed by atoms with Crippen LogP contribution in [0.5, 0.6) is 0 Å². The van der Waals surface area contributed by atoms with Crippen molar-refractivity contribution in [3.63, 3.8) is 0 Å². The Balaban J connectivity index is 2.51. The van der Waals surface area contributed by atoms with Crippen LogP contribution in [0.3, 0.4) is 0 Å². The number of hydrogen-bond donors (Lipinski definition) is 0. The summed E-state index contributed by atoms with van der Waals surface area (Å²) in [5, 5.41) is 3.59. The number of aromatic nitrogens is 1. The number of rotatable bonds is 0. The number of fused-ring (bicyclic) bond motifs is 6. The van der Waals surface area contributed by atoms with Gasteiger partial charge in [0, 0.05) is 10.8 Å². The quantitative estimate of drug-likeness (QED) is 0.448. The Morgan fingerprint density at radius 3 is 2.81 bits per heavy atom. The Bertz CT molecular complexity index is 743. The highest BCUT2D eigenvalue weighted by molar-refractivity contribution is 7.17. The molecule has 2 aromatic carbocycles. The molecule has 0 spiro atoms. The molecule has 0 amide bonds. The number of thiazole rings is 1. The van der Waals surface area contributed by atoms with Crippen LogP contribution in [0.15, 0.2) is 46.5 Å². The largest absolute Gasteiger partial charge is 0.463 e. The van der Waals surface area contributed by atoms with Crippen molar-refractivity contribution in [3.8, 4) is 0 Å². The summed E-state index contributed by atoms with van der Waals surface area (Å²) in [6.45, 7) is 0. The highest BCUT2D eigenvalue weighted by atomic mass is 32.1. The van der Waals surface area contributed by atoms with Gasteiger partial charge < -0.3 is 4.42 Å². The van der Waals surface area contributed by atoms with Crippen LogP contribution in [0.25, 0.3) is 32.0 Å². The smallest absolute Gasteiger partial charge is 0.153 e. The van der Waals surface area contributed by atoms with E-state index in [1.165, 1.54) is 16.2 Å². The molecule has 0 radical (unpaired) electrons. The van der Waals surface area contributed by atoms with E-state index in [-0.39, 0.29) is 0 Å². The summed E-state index contributed by atoms with van der Waals surface area (Å²) >= 11 is 1.63. The fourth-order valence-electron chi connectivity index (χ4n) is 2.22. The Hall–Kier alpha value is -1.87. The first-order valence-electron chi connectivity index (χ1n) is 5.06. The zero-order valence-corrected chi connectivity index (χ0v) is 9.12. The molecular formula is C13H7NOS. The summed E-state index contributed by atoms with van der Waals surface area (Å²) in [5.74, 6) is 0. The van der Waals surface area contributed by atoms with Crippen molar-refractivity contribution in [2.75, 3.05) is 0 Å². The molecule has 0 fully saturated rings. The average molecular weight is 225 g/mol. The summed E-state index contributed by atoms with van der Waals surface area (Å²) in [5.41, 5.74) is 3.87. The summed E-state index contributed by atoms with van der Waals surface area (Å²) < 4.78 is 6.71. The van der Waals surface area contributed by atoms with Crippen LogP contribution in [0.1, 0.15) is 0 Å². The molecule has 0 N–H and O–H groups in total. The minimum atomic E-state index is 0.955. The Labute approximate surface area is 95.1 Å². The van der Waals surface area contributed by atoms with Crippen LogP contribution in [0.2, 0.25) is 0 Å². The molecule has 4 rings (SSSR count). The zero-order chi connectivity index (χ0) is 10.5. The third kappa shape index (κ3) is 0.888. The van der Waals surface area contributed by atoms with Gasteiger partial charge in [-0.05, 0) is 11.5 Å². The molecule has 2 heterocycles. The molecule has 0 aliphatic rings. The van der Waals surface area contributed by atoms with Gasteiger partial charge in [-0.2, -0.15) is 0 Å². The minimum absolute atomic E-state index is 0.955. The van der Waals surface area contributed by atoms with Gasteiger partial charge in [-0.15, -0.1) is 11.3 Å². The van der Waals surface area contributed by atoms with E-state index in [2.05, 4.69) is 17.1 Å². The first kappa shape index (κ1) is 8.30. The van der Waals surface area contributed by atoms with E-state index in [9.17, 15) is 0 Å². The van der Waals surface area contributed by atoms with Gasteiger partial charge in [-0.25, -0.2) is 4.98 Å². The lowest BCUT2D eigenvalue weighted by Crippen LogP contribution is -1.76. The standard InChI is InChI=1S/C13H7NOS/c1-2-4-9-8(3-1)10-5-6-15-12(10)13-11(9)14-7-16-13/h1-7H. The second kappa shape index (κ2) is 2.83. The Morgan fingerprint density at radius 1 is 1.00 bits per heavy atom. The van der Waals surface area contributed by atoms with Gasteiger partial charge in [0.1, 0.15) is 0 Å². The third-order valence-electron chi connectivity index (χ3n) is 2.91. The Morgan fingerprint density at radius 2 is 1.88 bits per heavy atom. The van der Waals surface area contributed by atoms with Crippen LogP contribution >= 0.6 is 11.3 Å². The summed E-state index contributed by atoms with van der Waals surface area (Å²) in [7, 11) is 0. The zero-order valence-electron chi connectivity index (χ0n) is 8.31. The van der Waals surface area contributed by atoms with E-state index >= 15 is 0 Å². The summed E-state index contributed by atoms with van der Waals surface area (Å²) in [6.07, 6.45) is 1.75. The average Bonchev–Trinajstić information content (AvgIpc) is 2.98. The molecular weight excluding hydrogens is 218 g/mol. The maximum atomic E-state index is 5.57. The molecule has 2 aromatic heterocycles. The SMILES string of the molecule is c1ccc2c(c1)c1ccoc1c1scnc21. The van der Waals surface area contributed by atoms with Gasteiger partial charge in [0.2, 0.25) is 0 Å². The molecule has 4 aromatic rings. The lowest BCUT2D eigenvalue weighted by molar-refractivity contribution is 0.620. The van der Waals surface area contributed by atoms with Crippen LogP contribution in [-0.4, -0.2) is 4.98 Å². The van der Waals surface area contributed by atoms with Gasteiger partial charge >= 0.3 is 0 Å². The van der Waals surface area contributed by atoms with E-state index in [1.807, 2.05) is 23.7 Å². The molecule has 0 aliphatic carbocycles. The number of furan rings is 1. The third-order valence-corrected chi connectivity index (χ3v) is 3.74. The normalized spacial score (nSPS) is 11.8. The van der Waals surface area contributed by atoms with Crippen molar-refractivity contribution >= 4 is 43.3 Å². The van der Waals surface area contributed by atoms with Crippen molar-refractivity contribution in [1.29, 1.82) is 0 Å². The van der Waals surface area contributed by atoms with E-state index in [0.29, 0.717) is 0 Å². The first-order chi connectivity index (χ1) is 7.95. The number of hydrogen-bond acceptors (Lipinski definition) is 3. The topological polar surface area (TPSA) is 26.0 Å². The highest BCUT2D eigenvalue weighted by Gasteiger charge is 2.11. The van der Waals surface area contributed by atoms with Crippen molar-refractivity contribution in [3.05, 3.63) is 42.1 Å². The Kier molecular flexibility index (Phi) is 1.47. The maximum Gasteiger partial charge on any atom is 0.153 e. The fourth-order valence-corrected chi connectivity index (χ4v) is 3.02. The lowest BCUT2D eigenvalue weighted by Gasteiger charge is -2.00. The first-order valence-corrected chi connectivity index (χ1v) is 5.94. The molecule has 0 saturated carbocycles. The second-order valence-electron chi connectivity index (χ2n) is 3.74. The summed E-state index contributed by atoms with van der Waals surface area (Å²) in [4.78, 5) is 4.44. The predicted molar refractivity (Wildman–Crippen MR) is 66.9 cm³/mol. The van der Waals surface area contributed by atoms with Crippen LogP contribution in [0, 0.1) is 0 Å². The predicted octanol–water partition coefficient (Wildman–Crippen LogP) is 4.20. The van der Waals surface area contributed by atoms with Crippen molar-refractivity contribution in [1.82, 2.24) is 4.98 Å². The summed E-state index contributed by atoms with van der Waals surface area (Å²) in [6, 6.07) is 10.4. The molecule has 2 nitrogen and oxygen atoms in total. The maximum absolute atomic E-state index is 5.57. The molecule has 76 valence electrons. The highest BCUT2D eigenvalue weighted by Crippen LogP contribution is 2.36. The molecule has 0 aliphatic heterocycles. The van der Waals surface area contributed by atoms with E-state index in [0.717, 1.165) is 15.8 Å². The number of benzene rings is 2. The molecule has 0 bridgehead atoms. The fraction of sp³-hybridized carbons (Fsp3) is 0. The van der Waals surface area contributed by atoms with Gasteiger partial charge in [0.05, 0.1) is 22.0 Å². The molecule has 3 heteroatoms. The van der Waals surface area contributed by atoms with Crippen LogP contribution in [0.4, 0.5) is 0 Å². The van der Waals surface area contributed by atoms with Crippen LogP contribution in [-0.2, 0) is 0 Å². The van der Waals surface area contributed by atoms with Crippen molar-refractivity contribution in [2.45, 2.75) is 0 Å². The lowest BCUT2D eigenvalue weighted by atomic mass is 10.1. The minimum Gasteiger partial charge on any atom is -0.463 e. The van der Waals surface area contributed by atoms with Crippen molar-refractivity contribution < 1.29 is 4.42 Å². The van der Waals surface area contributed by atoms with E-state index in [4.69, 9.17) is 4.42 Å².